The molecule has 2 N–H and O–H groups in total. The maximum absolute atomic E-state index is 14.3. The van der Waals surface area contributed by atoms with E-state index in [4.69, 9.17) is 4.74 Å². The Balaban J connectivity index is 1.60. The zero-order valence-corrected chi connectivity index (χ0v) is 18.1. The number of fused-ring (bicyclic) bond motifs is 1. The van der Waals surface area contributed by atoms with Gasteiger partial charge in [-0.1, -0.05) is 0 Å². The van der Waals surface area contributed by atoms with Gasteiger partial charge in [-0.15, -0.1) is 0 Å². The van der Waals surface area contributed by atoms with Crippen LogP contribution in [-0.2, 0) is 7.05 Å². The monoisotopic (exact) mass is 427 g/mol. The van der Waals surface area contributed by atoms with Crippen molar-refractivity contribution in [2.24, 2.45) is 7.05 Å². The molecule has 10 heteroatoms. The topological polar surface area (TPSA) is 97.2 Å². The highest BCUT2D eigenvalue weighted by atomic mass is 19.1. The molecule has 1 aromatic carbocycles. The van der Waals surface area contributed by atoms with E-state index < -0.39 is 11.7 Å². The molecule has 3 aromatic rings. The van der Waals surface area contributed by atoms with Gasteiger partial charge < -0.3 is 20.3 Å². The van der Waals surface area contributed by atoms with Crippen molar-refractivity contribution in [2.45, 2.75) is 26.3 Å². The quantitative estimate of drug-likeness (QED) is 0.645. The second kappa shape index (κ2) is 8.10. The van der Waals surface area contributed by atoms with E-state index >= 15 is 0 Å². The minimum absolute atomic E-state index is 0.0710. The number of benzene rings is 1. The molecule has 0 bridgehead atoms. The average molecular weight is 427 g/mol. The number of nitrogens with one attached hydrogen (secondary N) is 2. The number of carbonyl (C=O) groups excluding carboxylic acids is 1. The molecule has 1 amide bonds. The molecule has 2 aromatic heterocycles. The van der Waals surface area contributed by atoms with Gasteiger partial charge >= 0.3 is 0 Å². The van der Waals surface area contributed by atoms with Crippen LogP contribution in [0.4, 0.5) is 16.0 Å². The largest absolute Gasteiger partial charge is 0.477 e. The first kappa shape index (κ1) is 21.0. The van der Waals surface area contributed by atoms with Crippen LogP contribution < -0.4 is 20.3 Å². The number of piperazine rings is 1. The van der Waals surface area contributed by atoms with Crippen LogP contribution in [0.5, 0.6) is 5.88 Å². The van der Waals surface area contributed by atoms with Crippen molar-refractivity contribution in [3.8, 4) is 5.88 Å². The fourth-order valence-electron chi connectivity index (χ4n) is 3.71. The SMILES string of the molecule is CCOc1nc(N2CCNC(C)(C)C2)ncc1C(=O)Nc1cc(F)c2nn(C)cc2c1. The average Bonchev–Trinajstić information content (AvgIpc) is 3.08. The fourth-order valence-corrected chi connectivity index (χ4v) is 3.71. The van der Waals surface area contributed by atoms with Gasteiger partial charge in [-0.25, -0.2) is 9.37 Å². The number of hydrogen-bond donors (Lipinski definition) is 2. The van der Waals surface area contributed by atoms with E-state index in [-0.39, 0.29) is 22.5 Å². The Morgan fingerprint density at radius 3 is 2.94 bits per heavy atom. The molecule has 0 atom stereocenters. The predicted molar refractivity (Wildman–Crippen MR) is 116 cm³/mol. The van der Waals surface area contributed by atoms with Gasteiger partial charge in [-0.05, 0) is 32.9 Å². The zero-order chi connectivity index (χ0) is 22.2. The number of ether oxygens (including phenoxy) is 1. The fraction of sp³-hybridized carbons (Fsp3) is 0.429. The van der Waals surface area contributed by atoms with Gasteiger partial charge in [0.15, 0.2) is 5.82 Å². The molecule has 0 aliphatic carbocycles. The summed E-state index contributed by atoms with van der Waals surface area (Å²) < 4.78 is 21.5. The van der Waals surface area contributed by atoms with Crippen molar-refractivity contribution in [1.82, 2.24) is 25.1 Å². The minimum atomic E-state index is -0.508. The highest BCUT2D eigenvalue weighted by Crippen LogP contribution is 2.25. The van der Waals surface area contributed by atoms with Gasteiger partial charge in [-0.3, -0.25) is 9.48 Å². The number of anilines is 2. The van der Waals surface area contributed by atoms with Gasteiger partial charge in [0.25, 0.3) is 5.91 Å². The Kier molecular flexibility index (Phi) is 5.48. The number of nitrogens with zero attached hydrogens (tertiary/aromatic N) is 5. The summed E-state index contributed by atoms with van der Waals surface area (Å²) in [5.41, 5.74) is 0.686. The van der Waals surface area contributed by atoms with Crippen LogP contribution in [0, 0.1) is 5.82 Å². The first-order chi connectivity index (χ1) is 14.8. The predicted octanol–water partition coefficient (Wildman–Crippen LogP) is 2.34. The van der Waals surface area contributed by atoms with Crippen molar-refractivity contribution < 1.29 is 13.9 Å². The third-order valence-corrected chi connectivity index (χ3v) is 5.06. The Bertz CT molecular complexity index is 1130. The minimum Gasteiger partial charge on any atom is -0.477 e. The molecule has 1 saturated heterocycles. The van der Waals surface area contributed by atoms with Gasteiger partial charge in [-0.2, -0.15) is 10.1 Å². The van der Waals surface area contributed by atoms with Crippen LogP contribution in [0.15, 0.2) is 24.5 Å². The molecule has 1 fully saturated rings. The van der Waals surface area contributed by atoms with Gasteiger partial charge in [0.2, 0.25) is 11.8 Å². The van der Waals surface area contributed by atoms with Crippen LogP contribution >= 0.6 is 0 Å². The van der Waals surface area contributed by atoms with Crippen molar-refractivity contribution in [3.05, 3.63) is 35.9 Å². The maximum atomic E-state index is 14.3. The molecule has 9 nitrogen and oxygen atoms in total. The Hall–Kier alpha value is -3.27. The van der Waals surface area contributed by atoms with E-state index in [1.807, 2.05) is 6.92 Å². The smallest absolute Gasteiger partial charge is 0.262 e. The summed E-state index contributed by atoms with van der Waals surface area (Å²) in [5.74, 6) is -0.272. The lowest BCUT2D eigenvalue weighted by atomic mass is 10.0. The number of aryl methyl sites for hydroxylation is 1. The zero-order valence-electron chi connectivity index (χ0n) is 18.1. The number of carbonyl (C=O) groups is 1. The molecule has 0 spiro atoms. The van der Waals surface area contributed by atoms with Crippen LogP contribution in [0.3, 0.4) is 0 Å². The molecular formula is C21H26FN7O2. The first-order valence-electron chi connectivity index (χ1n) is 10.2. The molecule has 0 unspecified atom stereocenters. The Morgan fingerprint density at radius 2 is 2.19 bits per heavy atom. The van der Waals surface area contributed by atoms with Crippen molar-refractivity contribution in [3.63, 3.8) is 0 Å². The van der Waals surface area contributed by atoms with E-state index in [9.17, 15) is 9.18 Å². The van der Waals surface area contributed by atoms with E-state index in [0.29, 0.717) is 23.6 Å². The van der Waals surface area contributed by atoms with Crippen LogP contribution in [-0.4, -0.2) is 57.4 Å². The molecule has 3 heterocycles. The summed E-state index contributed by atoms with van der Waals surface area (Å²) in [6, 6.07) is 2.91. The summed E-state index contributed by atoms with van der Waals surface area (Å²) in [6.07, 6.45) is 3.14. The van der Waals surface area contributed by atoms with E-state index in [1.165, 1.54) is 16.9 Å². The van der Waals surface area contributed by atoms with E-state index in [1.54, 1.807) is 19.3 Å². The molecule has 0 saturated carbocycles. The van der Waals surface area contributed by atoms with Crippen molar-refractivity contribution in [2.75, 3.05) is 36.5 Å². The summed E-state index contributed by atoms with van der Waals surface area (Å²) in [4.78, 5) is 23.9. The summed E-state index contributed by atoms with van der Waals surface area (Å²) in [6.45, 7) is 8.69. The van der Waals surface area contributed by atoms with Gasteiger partial charge in [0, 0.05) is 55.7 Å². The Labute approximate surface area is 179 Å². The third-order valence-electron chi connectivity index (χ3n) is 5.06. The van der Waals surface area contributed by atoms with Crippen molar-refractivity contribution >= 4 is 28.4 Å². The highest BCUT2D eigenvalue weighted by molar-refractivity contribution is 6.06. The summed E-state index contributed by atoms with van der Waals surface area (Å²) >= 11 is 0. The number of hydrogen-bond acceptors (Lipinski definition) is 7. The molecule has 0 radical (unpaired) electrons. The van der Waals surface area contributed by atoms with Crippen LogP contribution in [0.1, 0.15) is 31.1 Å². The summed E-state index contributed by atoms with van der Waals surface area (Å²) in [7, 11) is 1.71. The number of rotatable bonds is 5. The Morgan fingerprint density at radius 1 is 1.39 bits per heavy atom. The van der Waals surface area contributed by atoms with Gasteiger partial charge in [0.05, 0.1) is 6.61 Å². The lowest BCUT2D eigenvalue weighted by Gasteiger charge is -2.39. The van der Waals surface area contributed by atoms with Crippen LogP contribution in [0.2, 0.25) is 0 Å². The summed E-state index contributed by atoms with van der Waals surface area (Å²) in [5, 5.41) is 10.8. The van der Waals surface area contributed by atoms with E-state index in [0.717, 1.165) is 19.6 Å². The highest BCUT2D eigenvalue weighted by Gasteiger charge is 2.28. The second-order valence-electron chi connectivity index (χ2n) is 8.21. The standard InChI is InChI=1S/C21H26FN7O2/c1-5-31-19-15(10-23-20(26-19)29-7-6-24-21(2,3)12-29)18(30)25-14-8-13-11-28(4)27-17(13)16(22)9-14/h8-11,24H,5-7,12H2,1-4H3,(H,25,30). The number of aromatic nitrogens is 4. The van der Waals surface area contributed by atoms with Crippen LogP contribution in [0.25, 0.3) is 10.9 Å². The number of amides is 1. The second-order valence-corrected chi connectivity index (χ2v) is 8.21. The molecule has 1 aliphatic heterocycles. The van der Waals surface area contributed by atoms with E-state index in [2.05, 4.69) is 44.4 Å². The first-order valence-corrected chi connectivity index (χ1v) is 10.2. The number of halogens is 1. The lowest BCUT2D eigenvalue weighted by molar-refractivity contribution is 0.102. The lowest BCUT2D eigenvalue weighted by Crippen LogP contribution is -2.57. The van der Waals surface area contributed by atoms with Crippen molar-refractivity contribution in [1.29, 1.82) is 0 Å². The normalized spacial score (nSPS) is 15.8. The molecule has 4 rings (SSSR count). The molecule has 164 valence electrons. The molecular weight excluding hydrogens is 401 g/mol. The maximum Gasteiger partial charge on any atom is 0.262 e. The van der Waals surface area contributed by atoms with Gasteiger partial charge in [0.1, 0.15) is 11.1 Å². The third kappa shape index (κ3) is 4.43. The molecule has 1 aliphatic rings. The molecule has 31 heavy (non-hydrogen) atoms.